The van der Waals surface area contributed by atoms with Gasteiger partial charge in [0.05, 0.1) is 12.2 Å². The molecule has 3 heteroatoms. The van der Waals surface area contributed by atoms with Gasteiger partial charge < -0.3 is 14.6 Å². The lowest BCUT2D eigenvalue weighted by Crippen LogP contribution is -2.21. The molecule has 4 unspecified atom stereocenters. The van der Waals surface area contributed by atoms with Crippen LogP contribution in [-0.4, -0.2) is 30.7 Å². The molecule has 0 bridgehead atoms. The minimum atomic E-state index is -0.430. The molecular formula is C85H168O3. The molecule has 1 N–H and O–H groups in total. The van der Waals surface area contributed by atoms with Crippen LogP contribution in [-0.2, 0) is 9.53 Å². The predicted octanol–water partition coefficient (Wildman–Crippen LogP) is 30.3. The largest absolute Gasteiger partial charge is 0.392 e. The van der Waals surface area contributed by atoms with E-state index >= 15 is 0 Å². The van der Waals surface area contributed by atoms with Crippen molar-refractivity contribution >= 4 is 6.29 Å². The zero-order valence-corrected chi connectivity index (χ0v) is 61.6. The van der Waals surface area contributed by atoms with Crippen LogP contribution >= 0.6 is 0 Å². The number of hydrogen-bond donors (Lipinski definition) is 1. The third kappa shape index (κ3) is 71.2. The highest BCUT2D eigenvalue weighted by Crippen LogP contribution is 2.25. The summed E-state index contributed by atoms with van der Waals surface area (Å²) in [6.07, 6.45) is 109. The van der Waals surface area contributed by atoms with E-state index in [0.29, 0.717) is 12.0 Å². The number of ether oxygens (including phenoxy) is 1. The Balaban J connectivity index is 3.35. The number of rotatable bonds is 80. The molecule has 0 heterocycles. The number of aldehydes is 1. The van der Waals surface area contributed by atoms with Gasteiger partial charge in [0, 0.05) is 13.0 Å². The quantitative estimate of drug-likeness (QED) is 0.0375. The first-order chi connectivity index (χ1) is 43.6. The standard InChI is InChI=1S/C85H168O3/c1-5-7-9-11-13-15-17-19-21-23-42-46-50-54-58-62-66-70-74-78-83(81-86)84(87)79-75-71-67-63-59-55-51-47-43-40-38-36-34-32-30-28-26-24-25-27-29-31-33-35-37-39-41-44-48-52-56-60-64-68-72-76-80-85(88-4)82(3)77-73-69-65-61-57-53-49-45-22-20-18-16-14-12-10-8-6-2/h25,27,81-85,87H,5-24,26,28-80H2,1-4H3/b27-25+. The van der Waals surface area contributed by atoms with E-state index in [1.807, 2.05) is 7.11 Å². The first-order valence-electron chi connectivity index (χ1n) is 41.9. The van der Waals surface area contributed by atoms with Crippen LogP contribution in [0.3, 0.4) is 0 Å². The molecular weight excluding hydrogens is 1070 g/mol. The number of aliphatic hydroxyl groups excluding tert-OH is 1. The lowest BCUT2D eigenvalue weighted by atomic mass is 9.92. The molecule has 0 amide bonds. The highest BCUT2D eigenvalue weighted by Gasteiger charge is 2.18. The Bertz CT molecular complexity index is 1260. The van der Waals surface area contributed by atoms with Crippen molar-refractivity contribution < 1.29 is 14.6 Å². The van der Waals surface area contributed by atoms with Crippen molar-refractivity contribution in [3.63, 3.8) is 0 Å². The molecule has 88 heavy (non-hydrogen) atoms. The second-order valence-corrected chi connectivity index (χ2v) is 29.7. The summed E-state index contributed by atoms with van der Waals surface area (Å²) in [6.45, 7) is 7.06. The number of allylic oxidation sites excluding steroid dienone is 2. The Morgan fingerprint density at radius 1 is 0.261 bits per heavy atom. The fourth-order valence-electron chi connectivity index (χ4n) is 14.4. The molecule has 0 rings (SSSR count). The molecule has 0 saturated carbocycles. The van der Waals surface area contributed by atoms with Gasteiger partial charge >= 0.3 is 0 Å². The van der Waals surface area contributed by atoms with Crippen molar-refractivity contribution in [1.82, 2.24) is 0 Å². The zero-order valence-electron chi connectivity index (χ0n) is 61.6. The second kappa shape index (κ2) is 78.8. The van der Waals surface area contributed by atoms with Gasteiger partial charge in [0.2, 0.25) is 0 Å². The number of aliphatic hydroxyl groups is 1. The lowest BCUT2D eigenvalue weighted by molar-refractivity contribution is -0.114. The molecule has 0 spiro atoms. The maximum atomic E-state index is 11.7. The first kappa shape index (κ1) is 87.3. The summed E-state index contributed by atoms with van der Waals surface area (Å²) in [7, 11) is 1.96. The van der Waals surface area contributed by atoms with Crippen LogP contribution in [0, 0.1) is 11.8 Å². The number of carbonyl (C=O) groups excluding carboxylic acids is 1. The van der Waals surface area contributed by atoms with Crippen LogP contribution in [0.5, 0.6) is 0 Å². The van der Waals surface area contributed by atoms with E-state index in [9.17, 15) is 9.90 Å². The molecule has 0 radical (unpaired) electrons. The molecule has 0 aliphatic heterocycles. The summed E-state index contributed by atoms with van der Waals surface area (Å²) >= 11 is 0. The summed E-state index contributed by atoms with van der Waals surface area (Å²) in [5.74, 6) is 0.563. The lowest BCUT2D eigenvalue weighted by Gasteiger charge is -2.22. The van der Waals surface area contributed by atoms with E-state index in [2.05, 4.69) is 32.9 Å². The number of hydrogen-bond acceptors (Lipinski definition) is 3. The van der Waals surface area contributed by atoms with Crippen LogP contribution < -0.4 is 0 Å². The molecule has 0 aliphatic rings. The summed E-state index contributed by atoms with van der Waals surface area (Å²) in [6, 6.07) is 0. The molecule has 4 atom stereocenters. The van der Waals surface area contributed by atoms with Crippen LogP contribution in [0.4, 0.5) is 0 Å². The Hall–Kier alpha value is -0.670. The van der Waals surface area contributed by atoms with Gasteiger partial charge in [-0.1, -0.05) is 457 Å². The molecule has 0 aromatic heterocycles. The Labute approximate surface area is 557 Å². The predicted molar refractivity (Wildman–Crippen MR) is 398 cm³/mol. The highest BCUT2D eigenvalue weighted by molar-refractivity contribution is 5.54. The van der Waals surface area contributed by atoms with E-state index in [0.717, 1.165) is 32.0 Å². The SMILES string of the molecule is CCCCCCCCCCCCCCCCCCCCCC(C=O)C(O)CCCCCCCCCCCCCCCCCCC/C=C/CCCCCCCCCCCCCCCCCC(OC)C(C)CCCCCCCCCCCCCCCCCCC. The van der Waals surface area contributed by atoms with Gasteiger partial charge in [-0.3, -0.25) is 0 Å². The van der Waals surface area contributed by atoms with Crippen molar-refractivity contribution in [1.29, 1.82) is 0 Å². The Morgan fingerprint density at radius 2 is 0.455 bits per heavy atom. The fourth-order valence-corrected chi connectivity index (χ4v) is 14.4. The molecule has 0 aromatic carbocycles. The molecule has 3 nitrogen and oxygen atoms in total. The Kier molecular flexibility index (Phi) is 78.2. The van der Waals surface area contributed by atoms with Gasteiger partial charge in [-0.2, -0.15) is 0 Å². The van der Waals surface area contributed by atoms with Gasteiger partial charge in [0.25, 0.3) is 0 Å². The van der Waals surface area contributed by atoms with E-state index in [1.54, 1.807) is 0 Å². The zero-order chi connectivity index (χ0) is 63.5. The molecule has 0 saturated heterocycles. The highest BCUT2D eigenvalue weighted by atomic mass is 16.5. The summed E-state index contributed by atoms with van der Waals surface area (Å²) in [5.41, 5.74) is 0. The molecule has 0 aliphatic carbocycles. The normalized spacial score (nSPS) is 13.3. The van der Waals surface area contributed by atoms with Gasteiger partial charge in [-0.25, -0.2) is 0 Å². The van der Waals surface area contributed by atoms with Crippen molar-refractivity contribution in [3.05, 3.63) is 12.2 Å². The average molecular weight is 1240 g/mol. The van der Waals surface area contributed by atoms with Crippen LogP contribution in [0.15, 0.2) is 12.2 Å². The van der Waals surface area contributed by atoms with Crippen LogP contribution in [0.2, 0.25) is 0 Å². The molecule has 0 fully saturated rings. The first-order valence-corrected chi connectivity index (χ1v) is 41.9. The van der Waals surface area contributed by atoms with E-state index < -0.39 is 6.10 Å². The fraction of sp³-hybridized carbons (Fsp3) is 0.965. The minimum Gasteiger partial charge on any atom is -0.392 e. The molecule has 0 aromatic rings. The smallest absolute Gasteiger partial charge is 0.125 e. The average Bonchev–Trinajstić information content (AvgIpc) is 3.59. The van der Waals surface area contributed by atoms with E-state index in [-0.39, 0.29) is 5.92 Å². The summed E-state index contributed by atoms with van der Waals surface area (Å²) < 4.78 is 5.98. The van der Waals surface area contributed by atoms with Crippen LogP contribution in [0.1, 0.15) is 496 Å². The van der Waals surface area contributed by atoms with Gasteiger partial charge in [0.1, 0.15) is 6.29 Å². The maximum Gasteiger partial charge on any atom is 0.125 e. The van der Waals surface area contributed by atoms with E-state index in [4.69, 9.17) is 4.74 Å². The Morgan fingerprint density at radius 3 is 0.682 bits per heavy atom. The number of methoxy groups -OCH3 is 1. The van der Waals surface area contributed by atoms with Crippen LogP contribution in [0.25, 0.3) is 0 Å². The topological polar surface area (TPSA) is 46.5 Å². The second-order valence-electron chi connectivity index (χ2n) is 29.7. The van der Waals surface area contributed by atoms with E-state index in [1.165, 1.54) is 449 Å². The summed E-state index contributed by atoms with van der Waals surface area (Å²) in [4.78, 5) is 11.7. The van der Waals surface area contributed by atoms with Gasteiger partial charge in [0.15, 0.2) is 0 Å². The minimum absolute atomic E-state index is 0.150. The maximum absolute atomic E-state index is 11.7. The third-order valence-electron chi connectivity index (χ3n) is 20.9. The number of unbranched alkanes of at least 4 members (excludes halogenated alkanes) is 66. The van der Waals surface area contributed by atoms with Gasteiger partial charge in [-0.05, 0) is 57.3 Å². The van der Waals surface area contributed by atoms with Crippen molar-refractivity contribution in [3.8, 4) is 0 Å². The van der Waals surface area contributed by atoms with Crippen molar-refractivity contribution in [2.45, 2.75) is 508 Å². The van der Waals surface area contributed by atoms with Crippen molar-refractivity contribution in [2.75, 3.05) is 7.11 Å². The van der Waals surface area contributed by atoms with Gasteiger partial charge in [-0.15, -0.1) is 0 Å². The number of carbonyl (C=O) groups is 1. The van der Waals surface area contributed by atoms with Crippen molar-refractivity contribution in [2.24, 2.45) is 11.8 Å². The molecule has 526 valence electrons. The third-order valence-corrected chi connectivity index (χ3v) is 20.9. The summed E-state index contributed by atoms with van der Waals surface area (Å²) in [5, 5.41) is 10.7. The monoisotopic (exact) mass is 1240 g/mol.